The van der Waals surface area contributed by atoms with Crippen LogP contribution in [0, 0.1) is 0 Å². The number of benzene rings is 2. The van der Waals surface area contributed by atoms with Crippen LogP contribution in [0.15, 0.2) is 48.5 Å². The predicted octanol–water partition coefficient (Wildman–Crippen LogP) is 6.10. The third-order valence-electron chi connectivity index (χ3n) is 3.62. The van der Waals surface area contributed by atoms with Gasteiger partial charge in [-0.25, -0.2) is 4.79 Å². The van der Waals surface area contributed by atoms with E-state index in [-0.39, 0.29) is 11.1 Å². The Morgan fingerprint density at radius 1 is 0.900 bits per heavy atom. The Morgan fingerprint density at radius 2 is 1.37 bits per heavy atom. The van der Waals surface area contributed by atoms with Crippen LogP contribution < -0.4 is 10.1 Å². The normalized spacial score (nSPS) is 10.5. The van der Waals surface area contributed by atoms with Gasteiger partial charge >= 0.3 is 6.09 Å². The van der Waals surface area contributed by atoms with Crippen molar-refractivity contribution in [2.45, 2.75) is 46.1 Å². The molecule has 1 amide bonds. The summed E-state index contributed by atoms with van der Waals surface area (Å²) in [6.07, 6.45) is 0.738. The van der Waals surface area contributed by atoms with Gasteiger partial charge in [-0.1, -0.05) is 24.3 Å². The lowest BCUT2D eigenvalue weighted by Crippen LogP contribution is -2.33. The highest BCUT2D eigenvalue weighted by Gasteiger charge is 2.15. The molecule has 0 unspecified atom stereocenters. The first-order chi connectivity index (χ1) is 14.1. The minimum absolute atomic E-state index is 0.139. The van der Waals surface area contributed by atoms with Crippen LogP contribution in [-0.2, 0) is 22.4 Å². The molecule has 164 valence electrons. The van der Waals surface area contributed by atoms with Crippen LogP contribution in [0.1, 0.15) is 38.8 Å². The van der Waals surface area contributed by atoms with E-state index in [1.807, 2.05) is 69.3 Å². The minimum atomic E-state index is -0.493. The third-order valence-corrected chi connectivity index (χ3v) is 3.62. The van der Waals surface area contributed by atoms with Crippen LogP contribution in [0.25, 0.3) is 0 Å². The SMILES string of the molecule is CC(=O)Cc1ccc(Oc2ccc(CCNC(=O)OC(C)(C)C)cc2)cc1.ClCCl. The molecule has 0 fully saturated rings. The zero-order valence-electron chi connectivity index (χ0n) is 17.8. The first-order valence-electron chi connectivity index (χ1n) is 9.57. The van der Waals surface area contributed by atoms with E-state index in [9.17, 15) is 9.59 Å². The van der Waals surface area contributed by atoms with E-state index >= 15 is 0 Å². The second kappa shape index (κ2) is 13.1. The predicted molar refractivity (Wildman–Crippen MR) is 122 cm³/mol. The van der Waals surface area contributed by atoms with Crippen molar-refractivity contribution in [1.82, 2.24) is 5.32 Å². The molecule has 0 saturated carbocycles. The molecule has 0 saturated heterocycles. The maximum Gasteiger partial charge on any atom is 0.407 e. The average molecular weight is 454 g/mol. The van der Waals surface area contributed by atoms with E-state index in [1.54, 1.807) is 6.92 Å². The fraction of sp³-hybridized carbons (Fsp3) is 0.391. The number of nitrogens with one attached hydrogen (secondary N) is 1. The Bertz CT molecular complexity index is 784. The summed E-state index contributed by atoms with van der Waals surface area (Å²) in [7, 11) is 0. The topological polar surface area (TPSA) is 64.6 Å². The van der Waals surface area contributed by atoms with Crippen LogP contribution in [-0.4, -0.2) is 29.4 Å². The molecule has 5 nitrogen and oxygen atoms in total. The molecule has 30 heavy (non-hydrogen) atoms. The quantitative estimate of drug-likeness (QED) is 0.514. The van der Waals surface area contributed by atoms with Crippen LogP contribution in [0.3, 0.4) is 0 Å². The van der Waals surface area contributed by atoms with Crippen molar-refractivity contribution in [3.05, 3.63) is 59.7 Å². The summed E-state index contributed by atoms with van der Waals surface area (Å²) in [6.45, 7) is 7.59. The highest BCUT2D eigenvalue weighted by Crippen LogP contribution is 2.22. The van der Waals surface area contributed by atoms with Gasteiger partial charge in [-0.05, 0) is 69.5 Å². The van der Waals surface area contributed by atoms with Gasteiger partial charge in [0.1, 0.15) is 22.9 Å². The molecule has 2 rings (SSSR count). The maximum absolute atomic E-state index is 11.6. The lowest BCUT2D eigenvalue weighted by Gasteiger charge is -2.19. The molecule has 0 atom stereocenters. The number of alkyl carbamates (subject to hydrolysis) is 1. The molecule has 0 bridgehead atoms. The van der Waals surface area contributed by atoms with E-state index < -0.39 is 11.7 Å². The number of carbonyl (C=O) groups excluding carboxylic acids is 2. The second-order valence-corrected chi connectivity index (χ2v) is 8.36. The summed E-state index contributed by atoms with van der Waals surface area (Å²) in [4.78, 5) is 22.8. The average Bonchev–Trinajstić information content (AvgIpc) is 2.63. The molecule has 2 aromatic rings. The summed E-state index contributed by atoms with van der Waals surface area (Å²) in [5, 5.41) is 2.94. The van der Waals surface area contributed by atoms with E-state index in [0.29, 0.717) is 19.4 Å². The van der Waals surface area contributed by atoms with Crippen molar-refractivity contribution < 1.29 is 19.1 Å². The summed E-state index contributed by atoms with van der Waals surface area (Å²) < 4.78 is 11.0. The Morgan fingerprint density at radius 3 is 1.80 bits per heavy atom. The third kappa shape index (κ3) is 11.7. The van der Waals surface area contributed by atoms with Crippen LogP contribution in [0.5, 0.6) is 11.5 Å². The first kappa shape index (κ1) is 25.8. The Kier molecular flexibility index (Phi) is 11.3. The lowest BCUT2D eigenvalue weighted by molar-refractivity contribution is -0.116. The molecule has 0 spiro atoms. The summed E-state index contributed by atoms with van der Waals surface area (Å²) >= 11 is 9.53. The van der Waals surface area contributed by atoms with Crippen LogP contribution in [0.2, 0.25) is 0 Å². The van der Waals surface area contributed by atoms with Crippen molar-refractivity contribution in [3.63, 3.8) is 0 Å². The second-order valence-electron chi connectivity index (χ2n) is 7.55. The summed E-state index contributed by atoms with van der Waals surface area (Å²) in [5.41, 5.74) is 1.57. The number of ether oxygens (including phenoxy) is 2. The monoisotopic (exact) mass is 453 g/mol. The molecule has 0 radical (unpaired) electrons. The van der Waals surface area contributed by atoms with Gasteiger partial charge in [-0.3, -0.25) is 4.79 Å². The molecule has 7 heteroatoms. The van der Waals surface area contributed by atoms with E-state index in [2.05, 4.69) is 5.32 Å². The van der Waals surface area contributed by atoms with E-state index in [0.717, 1.165) is 22.6 Å². The van der Waals surface area contributed by atoms with Gasteiger partial charge in [0.25, 0.3) is 0 Å². The van der Waals surface area contributed by atoms with Gasteiger partial charge in [0.05, 0.1) is 5.34 Å². The van der Waals surface area contributed by atoms with Crippen molar-refractivity contribution >= 4 is 35.1 Å². The molecule has 0 heterocycles. The number of halogens is 2. The standard InChI is InChI=1S/C22H27NO4.CH2Cl2/c1-16(24)15-18-7-11-20(12-8-18)26-19-9-5-17(6-10-19)13-14-23-21(25)27-22(2,3)4;2-1-3/h5-12H,13-15H2,1-4H3,(H,23,25);1H2. The number of hydrogen-bond donors (Lipinski definition) is 1. The maximum atomic E-state index is 11.6. The van der Waals surface area contributed by atoms with Gasteiger partial charge in [0.15, 0.2) is 0 Å². The number of alkyl halides is 2. The number of carbonyl (C=O) groups is 2. The molecule has 0 aromatic heterocycles. The number of Topliss-reactive ketones (excluding diaryl/α,β-unsaturated/α-hetero) is 1. The van der Waals surface area contributed by atoms with Crippen LogP contribution in [0.4, 0.5) is 4.79 Å². The fourth-order valence-electron chi connectivity index (χ4n) is 2.45. The molecule has 2 aromatic carbocycles. The summed E-state index contributed by atoms with van der Waals surface area (Å²) in [5.74, 6) is 1.60. The number of rotatable bonds is 7. The van der Waals surface area contributed by atoms with Gasteiger partial charge < -0.3 is 14.8 Å². The Labute approximate surface area is 188 Å². The van der Waals surface area contributed by atoms with Crippen LogP contribution >= 0.6 is 23.2 Å². The Balaban J connectivity index is 0.00000141. The molecule has 0 aliphatic carbocycles. The smallest absolute Gasteiger partial charge is 0.407 e. The number of hydrogen-bond acceptors (Lipinski definition) is 4. The van der Waals surface area contributed by atoms with Gasteiger partial charge in [-0.15, -0.1) is 23.2 Å². The van der Waals surface area contributed by atoms with E-state index in [1.165, 1.54) is 0 Å². The summed E-state index contributed by atoms with van der Waals surface area (Å²) in [6, 6.07) is 15.2. The minimum Gasteiger partial charge on any atom is -0.457 e. The van der Waals surface area contributed by atoms with E-state index in [4.69, 9.17) is 32.7 Å². The van der Waals surface area contributed by atoms with Crippen molar-refractivity contribution in [1.29, 1.82) is 0 Å². The lowest BCUT2D eigenvalue weighted by atomic mass is 10.1. The van der Waals surface area contributed by atoms with Crippen molar-refractivity contribution in [2.24, 2.45) is 0 Å². The van der Waals surface area contributed by atoms with Crippen molar-refractivity contribution in [2.75, 3.05) is 11.9 Å². The van der Waals surface area contributed by atoms with Gasteiger partial charge in [-0.2, -0.15) is 0 Å². The van der Waals surface area contributed by atoms with Gasteiger partial charge in [0.2, 0.25) is 0 Å². The molecule has 0 aliphatic rings. The molecular formula is C23H29Cl2NO4. The molecular weight excluding hydrogens is 425 g/mol. The molecule has 1 N–H and O–H groups in total. The highest BCUT2D eigenvalue weighted by atomic mass is 35.5. The zero-order valence-corrected chi connectivity index (χ0v) is 19.3. The zero-order chi connectivity index (χ0) is 22.6. The number of amides is 1. The first-order valence-corrected chi connectivity index (χ1v) is 10.6. The Hall–Kier alpha value is -2.24. The van der Waals surface area contributed by atoms with Crippen molar-refractivity contribution in [3.8, 4) is 11.5 Å². The highest BCUT2D eigenvalue weighted by molar-refractivity contribution is 6.40. The fourth-order valence-corrected chi connectivity index (χ4v) is 2.45. The largest absolute Gasteiger partial charge is 0.457 e. The number of ketones is 1. The molecule has 0 aliphatic heterocycles. The van der Waals surface area contributed by atoms with Gasteiger partial charge in [0, 0.05) is 13.0 Å².